The predicted molar refractivity (Wildman–Crippen MR) is 68.8 cm³/mol. The van der Waals surface area contributed by atoms with Crippen molar-refractivity contribution in [1.82, 2.24) is 0 Å². The van der Waals surface area contributed by atoms with Gasteiger partial charge in [0.05, 0.1) is 0 Å². The minimum Gasteiger partial charge on any atom is -0.207 e. The number of rotatable bonds is 6. The van der Waals surface area contributed by atoms with E-state index in [1.54, 1.807) is 0 Å². The molecule has 0 N–H and O–H groups in total. The predicted octanol–water partition coefficient (Wildman–Crippen LogP) is 5.34. The highest BCUT2D eigenvalue weighted by molar-refractivity contribution is 5.52. The number of hydrogen-bond acceptors (Lipinski definition) is 0. The van der Waals surface area contributed by atoms with E-state index in [0.29, 0.717) is 5.56 Å². The molecule has 0 spiro atoms. The second-order valence-corrected chi connectivity index (χ2v) is 4.32. The van der Waals surface area contributed by atoms with Crippen LogP contribution in [0.1, 0.15) is 51.5 Å². The van der Waals surface area contributed by atoms with E-state index in [0.717, 1.165) is 25.3 Å². The third-order valence-electron chi connectivity index (χ3n) is 2.81. The Kier molecular flexibility index (Phi) is 5.88. The lowest BCUT2D eigenvalue weighted by atomic mass is 10.0. The summed E-state index contributed by atoms with van der Waals surface area (Å²) in [4.78, 5) is 0. The minimum absolute atomic E-state index is 0.514. The van der Waals surface area contributed by atoms with Crippen molar-refractivity contribution in [3.05, 3.63) is 41.0 Å². The summed E-state index contributed by atoms with van der Waals surface area (Å²) in [6.45, 7) is 4.24. The first kappa shape index (κ1) is 13.9. The van der Waals surface area contributed by atoms with Crippen LogP contribution in [0.5, 0.6) is 0 Å². The molecular weight excluding hydrogens is 218 g/mol. The molecule has 0 atom stereocenters. The first-order chi connectivity index (χ1) is 8.15. The van der Waals surface area contributed by atoms with E-state index >= 15 is 0 Å². The number of hydrogen-bond donors (Lipinski definition) is 0. The van der Waals surface area contributed by atoms with Gasteiger partial charge in [0.25, 0.3) is 0 Å². The van der Waals surface area contributed by atoms with Gasteiger partial charge in [-0.3, -0.25) is 0 Å². The van der Waals surface area contributed by atoms with E-state index in [1.165, 1.54) is 30.5 Å². The average Bonchev–Trinajstić information content (AvgIpc) is 2.26. The first-order valence-electron chi connectivity index (χ1n) is 6.31. The smallest absolute Gasteiger partial charge is 0.126 e. The van der Waals surface area contributed by atoms with Crippen LogP contribution < -0.4 is 0 Å². The molecular formula is C15H20F2. The van der Waals surface area contributed by atoms with Crippen LogP contribution in [-0.4, -0.2) is 0 Å². The number of allylic oxidation sites excluding steroid dienone is 1. The maximum absolute atomic E-state index is 13.0. The molecule has 0 heterocycles. The first-order valence-corrected chi connectivity index (χ1v) is 6.31. The van der Waals surface area contributed by atoms with Gasteiger partial charge in [-0.15, -0.1) is 0 Å². The Hall–Kier alpha value is -1.18. The molecule has 1 rings (SSSR count). The lowest BCUT2D eigenvalue weighted by molar-refractivity contribution is 0.583. The monoisotopic (exact) mass is 238 g/mol. The van der Waals surface area contributed by atoms with Crippen molar-refractivity contribution < 1.29 is 8.78 Å². The fourth-order valence-electron chi connectivity index (χ4n) is 1.85. The van der Waals surface area contributed by atoms with Crippen LogP contribution in [-0.2, 0) is 0 Å². The fourth-order valence-corrected chi connectivity index (χ4v) is 1.85. The van der Waals surface area contributed by atoms with Crippen molar-refractivity contribution in [2.24, 2.45) is 0 Å². The summed E-state index contributed by atoms with van der Waals surface area (Å²) >= 11 is 0. The molecule has 0 bridgehead atoms. The molecule has 0 unspecified atom stereocenters. The van der Waals surface area contributed by atoms with Gasteiger partial charge in [-0.05, 0) is 37.0 Å². The van der Waals surface area contributed by atoms with E-state index in [2.05, 4.69) is 13.8 Å². The number of unbranched alkanes of at least 4 members (excludes halogenated alkanes) is 2. The summed E-state index contributed by atoms with van der Waals surface area (Å²) in [5.74, 6) is -1.03. The van der Waals surface area contributed by atoms with Gasteiger partial charge in [0.1, 0.15) is 11.6 Å². The van der Waals surface area contributed by atoms with Crippen LogP contribution in [0.3, 0.4) is 0 Å². The third-order valence-corrected chi connectivity index (χ3v) is 2.81. The lowest BCUT2D eigenvalue weighted by Crippen LogP contribution is -1.86. The topological polar surface area (TPSA) is 0 Å². The van der Waals surface area contributed by atoms with Crippen molar-refractivity contribution >= 4 is 6.08 Å². The van der Waals surface area contributed by atoms with Crippen LogP contribution in [0.2, 0.25) is 0 Å². The van der Waals surface area contributed by atoms with Crippen molar-refractivity contribution in [3.63, 3.8) is 0 Å². The normalized spacial score (nSPS) is 11.9. The average molecular weight is 238 g/mol. The molecule has 0 saturated heterocycles. The largest absolute Gasteiger partial charge is 0.207 e. The quantitative estimate of drug-likeness (QED) is 0.587. The lowest BCUT2D eigenvalue weighted by Gasteiger charge is -2.05. The summed E-state index contributed by atoms with van der Waals surface area (Å²) in [5, 5.41) is 0. The maximum Gasteiger partial charge on any atom is 0.126 e. The zero-order valence-electron chi connectivity index (χ0n) is 10.6. The van der Waals surface area contributed by atoms with Gasteiger partial charge >= 0.3 is 0 Å². The van der Waals surface area contributed by atoms with E-state index in [-0.39, 0.29) is 0 Å². The Balaban J connectivity index is 2.75. The number of benzene rings is 1. The van der Waals surface area contributed by atoms with Crippen LogP contribution >= 0.6 is 0 Å². The van der Waals surface area contributed by atoms with Crippen LogP contribution in [0.25, 0.3) is 6.08 Å². The molecule has 0 nitrogen and oxygen atoms in total. The van der Waals surface area contributed by atoms with E-state index in [1.807, 2.05) is 6.08 Å². The molecule has 0 fully saturated rings. The molecule has 1 aromatic rings. The highest BCUT2D eigenvalue weighted by Crippen LogP contribution is 2.18. The zero-order chi connectivity index (χ0) is 12.7. The number of halogens is 2. The highest BCUT2D eigenvalue weighted by Gasteiger charge is 2.00. The van der Waals surface area contributed by atoms with Crippen LogP contribution in [0.4, 0.5) is 8.78 Å². The summed E-state index contributed by atoms with van der Waals surface area (Å²) in [6, 6.07) is 3.65. The van der Waals surface area contributed by atoms with Gasteiger partial charge < -0.3 is 0 Å². The van der Waals surface area contributed by atoms with Gasteiger partial charge in [-0.1, -0.05) is 38.3 Å². The van der Waals surface area contributed by atoms with E-state index < -0.39 is 11.6 Å². The second kappa shape index (κ2) is 7.21. The summed E-state index contributed by atoms with van der Waals surface area (Å²) in [7, 11) is 0. The maximum atomic E-state index is 13.0. The van der Waals surface area contributed by atoms with Crippen molar-refractivity contribution in [2.75, 3.05) is 0 Å². The van der Waals surface area contributed by atoms with Crippen molar-refractivity contribution in [3.8, 4) is 0 Å². The van der Waals surface area contributed by atoms with Crippen LogP contribution in [0.15, 0.2) is 23.8 Å². The molecule has 2 heteroatoms. The molecule has 1 aromatic carbocycles. The molecule has 0 aliphatic heterocycles. The molecule has 0 radical (unpaired) electrons. The Bertz CT molecular complexity index is 360. The summed E-state index contributed by atoms with van der Waals surface area (Å²) in [6.07, 6.45) is 7.39. The molecule has 0 aliphatic carbocycles. The highest BCUT2D eigenvalue weighted by atomic mass is 19.1. The summed E-state index contributed by atoms with van der Waals surface area (Å²) in [5.41, 5.74) is 1.87. The van der Waals surface area contributed by atoms with Gasteiger partial charge in [-0.25, -0.2) is 8.78 Å². The SMILES string of the molecule is CCCCC/C(=C/c1cc(F)cc(F)c1)CC. The van der Waals surface area contributed by atoms with Gasteiger partial charge in [0, 0.05) is 6.07 Å². The minimum atomic E-state index is -0.514. The zero-order valence-corrected chi connectivity index (χ0v) is 10.6. The van der Waals surface area contributed by atoms with Crippen LogP contribution in [0, 0.1) is 11.6 Å². The second-order valence-electron chi connectivity index (χ2n) is 4.32. The van der Waals surface area contributed by atoms with Crippen molar-refractivity contribution in [1.29, 1.82) is 0 Å². The van der Waals surface area contributed by atoms with Crippen molar-refractivity contribution in [2.45, 2.75) is 46.0 Å². The van der Waals surface area contributed by atoms with Gasteiger partial charge in [-0.2, -0.15) is 0 Å². The summed E-state index contributed by atoms with van der Waals surface area (Å²) < 4.78 is 26.0. The van der Waals surface area contributed by atoms with E-state index in [4.69, 9.17) is 0 Å². The molecule has 0 amide bonds. The van der Waals surface area contributed by atoms with Gasteiger partial charge in [0.15, 0.2) is 0 Å². The Morgan fingerprint density at radius 2 is 1.71 bits per heavy atom. The fraction of sp³-hybridized carbons (Fsp3) is 0.467. The molecule has 0 aliphatic rings. The Morgan fingerprint density at radius 1 is 1.06 bits per heavy atom. The van der Waals surface area contributed by atoms with Gasteiger partial charge in [0.2, 0.25) is 0 Å². The Morgan fingerprint density at radius 3 is 2.24 bits per heavy atom. The molecule has 0 saturated carbocycles. The molecule has 94 valence electrons. The molecule has 17 heavy (non-hydrogen) atoms. The Labute approximate surface area is 102 Å². The molecule has 0 aromatic heterocycles. The van der Waals surface area contributed by atoms with E-state index in [9.17, 15) is 8.78 Å². The standard InChI is InChI=1S/C15H20F2/c1-3-5-6-7-12(4-2)8-13-9-14(16)11-15(17)10-13/h8-11H,3-7H2,1-2H3/b12-8+. The third kappa shape index (κ3) is 5.12.